The number of hydrogen-bond acceptors (Lipinski definition) is 7. The summed E-state index contributed by atoms with van der Waals surface area (Å²) in [6, 6.07) is 12.5. The number of methoxy groups -OCH3 is 1. The molecular weight excluding hydrogens is 436 g/mol. The van der Waals surface area contributed by atoms with E-state index in [9.17, 15) is 4.79 Å². The molecule has 2 aliphatic heterocycles. The summed E-state index contributed by atoms with van der Waals surface area (Å²) in [7, 11) is 1.69. The van der Waals surface area contributed by atoms with Crippen LogP contribution in [0.3, 0.4) is 0 Å². The number of anilines is 1. The van der Waals surface area contributed by atoms with E-state index in [1.165, 1.54) is 17.3 Å². The van der Waals surface area contributed by atoms with Gasteiger partial charge in [-0.05, 0) is 67.6 Å². The number of aromatic nitrogens is 2. The highest BCUT2D eigenvalue weighted by molar-refractivity contribution is 8.00. The molecule has 2 aliphatic rings. The Hall–Kier alpha value is -2.68. The van der Waals surface area contributed by atoms with Gasteiger partial charge in [-0.15, -0.1) is 11.8 Å². The average Bonchev–Trinajstić information content (AvgIpc) is 2.86. The van der Waals surface area contributed by atoms with E-state index in [4.69, 9.17) is 9.47 Å². The van der Waals surface area contributed by atoms with Crippen molar-refractivity contribution in [2.75, 3.05) is 24.8 Å². The molecule has 0 unspecified atom stereocenters. The van der Waals surface area contributed by atoms with E-state index in [2.05, 4.69) is 32.7 Å². The molecule has 1 fully saturated rings. The minimum Gasteiger partial charge on any atom is -0.497 e. The van der Waals surface area contributed by atoms with Crippen LogP contribution >= 0.6 is 11.8 Å². The van der Waals surface area contributed by atoms with Gasteiger partial charge >= 0.3 is 0 Å². The summed E-state index contributed by atoms with van der Waals surface area (Å²) >= 11 is 1.53. The highest BCUT2D eigenvalue weighted by Crippen LogP contribution is 2.30. The molecule has 0 aliphatic carbocycles. The molecule has 0 radical (unpaired) electrons. The smallest absolute Gasteiger partial charge is 0.235 e. The second-order valence-electron chi connectivity index (χ2n) is 8.49. The summed E-state index contributed by atoms with van der Waals surface area (Å²) in [5.74, 6) is 2.00. The minimum atomic E-state index is 0.00994. The van der Waals surface area contributed by atoms with Crippen molar-refractivity contribution in [3.63, 3.8) is 0 Å². The molecule has 1 aromatic carbocycles. The Labute approximate surface area is 197 Å². The van der Waals surface area contributed by atoms with Crippen LogP contribution in [0.2, 0.25) is 0 Å². The second-order valence-corrected chi connectivity index (χ2v) is 9.51. The minimum absolute atomic E-state index is 0.00994. The summed E-state index contributed by atoms with van der Waals surface area (Å²) in [5.41, 5.74) is 3.21. The van der Waals surface area contributed by atoms with Gasteiger partial charge in [-0.2, -0.15) is 0 Å². The molecule has 5 rings (SSSR count). The highest BCUT2D eigenvalue weighted by atomic mass is 32.2. The van der Waals surface area contributed by atoms with Crippen molar-refractivity contribution in [3.05, 3.63) is 53.9 Å². The Morgan fingerprint density at radius 3 is 3.03 bits per heavy atom. The van der Waals surface area contributed by atoms with Gasteiger partial charge in [0.2, 0.25) is 5.91 Å². The number of carbonyl (C=O) groups is 1. The topological polar surface area (TPSA) is 85.4 Å². The summed E-state index contributed by atoms with van der Waals surface area (Å²) in [4.78, 5) is 21.7. The first-order valence-electron chi connectivity index (χ1n) is 11.4. The largest absolute Gasteiger partial charge is 0.497 e. The van der Waals surface area contributed by atoms with Crippen LogP contribution in [0.1, 0.15) is 30.5 Å². The van der Waals surface area contributed by atoms with Gasteiger partial charge in [-0.3, -0.25) is 9.78 Å². The summed E-state index contributed by atoms with van der Waals surface area (Å²) in [5, 5.41) is 7.56. The number of benzene rings is 1. The molecule has 172 valence electrons. The number of carbonyl (C=O) groups excluding carboxylic acids is 1. The first-order valence-corrected chi connectivity index (χ1v) is 12.4. The normalized spacial score (nSPS) is 20.3. The zero-order valence-electron chi connectivity index (χ0n) is 18.7. The number of thioether (sulfide) groups is 1. The van der Waals surface area contributed by atoms with Crippen molar-refractivity contribution in [1.29, 1.82) is 0 Å². The summed E-state index contributed by atoms with van der Waals surface area (Å²) in [6.07, 6.45) is 6.21. The van der Waals surface area contributed by atoms with E-state index in [0.717, 1.165) is 52.9 Å². The Morgan fingerprint density at radius 1 is 1.24 bits per heavy atom. The molecule has 2 N–H and O–H groups in total. The fraction of sp³-hybridized carbons (Fsp3) is 0.400. The van der Waals surface area contributed by atoms with Gasteiger partial charge in [0.25, 0.3) is 0 Å². The predicted molar refractivity (Wildman–Crippen MR) is 130 cm³/mol. The van der Waals surface area contributed by atoms with Crippen molar-refractivity contribution in [1.82, 2.24) is 15.3 Å². The lowest BCUT2D eigenvalue weighted by Crippen LogP contribution is -2.39. The number of nitrogens with one attached hydrogen (secondary N) is 2. The zero-order chi connectivity index (χ0) is 22.6. The van der Waals surface area contributed by atoms with Crippen LogP contribution in [0.5, 0.6) is 5.75 Å². The number of hydrogen-bond donors (Lipinski definition) is 2. The molecule has 8 heteroatoms. The molecule has 0 bridgehead atoms. The van der Waals surface area contributed by atoms with Crippen LogP contribution in [-0.2, 0) is 22.5 Å². The Morgan fingerprint density at radius 2 is 2.18 bits per heavy atom. The number of rotatable bonds is 7. The lowest BCUT2D eigenvalue weighted by atomic mass is 9.97. The molecule has 3 aromatic rings. The van der Waals surface area contributed by atoms with Crippen LogP contribution in [0.25, 0.3) is 10.9 Å². The maximum atomic E-state index is 11.6. The van der Waals surface area contributed by atoms with Crippen molar-refractivity contribution in [2.45, 2.75) is 49.3 Å². The SMILES string of the molecule is COc1ccc2nccc(CC[C@@H]3CC[C@@H](NCc4ccc5c(n4)NC(=O)CS5)CO3)c2c1. The summed E-state index contributed by atoms with van der Waals surface area (Å²) < 4.78 is 11.6. The first kappa shape index (κ1) is 22.1. The van der Waals surface area contributed by atoms with Crippen molar-refractivity contribution in [3.8, 4) is 5.75 Å². The highest BCUT2D eigenvalue weighted by Gasteiger charge is 2.22. The van der Waals surface area contributed by atoms with Crippen LogP contribution in [0.15, 0.2) is 47.5 Å². The van der Waals surface area contributed by atoms with Gasteiger partial charge in [0.05, 0.1) is 41.7 Å². The molecule has 0 saturated carbocycles. The molecule has 33 heavy (non-hydrogen) atoms. The predicted octanol–water partition coefficient (Wildman–Crippen LogP) is 3.95. The number of aryl methyl sites for hydroxylation is 1. The third-order valence-corrected chi connectivity index (χ3v) is 7.30. The fourth-order valence-corrected chi connectivity index (χ4v) is 5.15. The third-order valence-electron chi connectivity index (χ3n) is 6.25. The van der Waals surface area contributed by atoms with E-state index >= 15 is 0 Å². The number of pyridine rings is 2. The number of nitrogens with zero attached hydrogens (tertiary/aromatic N) is 2. The van der Waals surface area contributed by atoms with Crippen LogP contribution in [0, 0.1) is 0 Å². The summed E-state index contributed by atoms with van der Waals surface area (Å²) in [6.45, 7) is 1.37. The maximum Gasteiger partial charge on any atom is 0.235 e. The molecule has 1 amide bonds. The van der Waals surface area contributed by atoms with E-state index in [1.807, 2.05) is 30.5 Å². The van der Waals surface area contributed by atoms with Gasteiger partial charge in [-0.1, -0.05) is 0 Å². The molecule has 0 spiro atoms. The molecule has 2 atom stereocenters. The number of fused-ring (bicyclic) bond motifs is 2. The van der Waals surface area contributed by atoms with E-state index in [-0.39, 0.29) is 12.0 Å². The standard InChI is InChI=1S/C25H28N4O3S/c1-31-20-7-8-22-21(12-20)16(10-11-26-22)2-5-19-6-3-18(14-32-19)27-13-17-4-9-23-25(28-17)29-24(30)15-33-23/h4,7-12,18-19,27H,2-3,5-6,13-15H2,1H3,(H,28,29,30)/t18-,19-/m1/s1. The monoisotopic (exact) mass is 464 g/mol. The fourth-order valence-electron chi connectivity index (χ4n) is 4.39. The zero-order valence-corrected chi connectivity index (χ0v) is 19.5. The molecule has 2 aromatic heterocycles. The van der Waals surface area contributed by atoms with E-state index in [0.29, 0.717) is 30.8 Å². The average molecular weight is 465 g/mol. The Kier molecular flexibility index (Phi) is 6.75. The Balaban J connectivity index is 1.11. The molecule has 7 nitrogen and oxygen atoms in total. The lowest BCUT2D eigenvalue weighted by Gasteiger charge is -2.30. The quantitative estimate of drug-likeness (QED) is 0.548. The number of ether oxygens (including phenoxy) is 2. The number of amides is 1. The molecular formula is C25H28N4O3S. The van der Waals surface area contributed by atoms with Crippen LogP contribution < -0.4 is 15.4 Å². The maximum absolute atomic E-state index is 11.6. The lowest BCUT2D eigenvalue weighted by molar-refractivity contribution is -0.113. The van der Waals surface area contributed by atoms with E-state index < -0.39 is 0 Å². The van der Waals surface area contributed by atoms with Gasteiger partial charge in [0.15, 0.2) is 0 Å². The Bertz CT molecular complexity index is 1150. The van der Waals surface area contributed by atoms with Gasteiger partial charge in [-0.25, -0.2) is 4.98 Å². The second kappa shape index (κ2) is 10.1. The van der Waals surface area contributed by atoms with Crippen molar-refractivity contribution >= 4 is 34.4 Å². The van der Waals surface area contributed by atoms with Gasteiger partial charge in [0.1, 0.15) is 11.6 Å². The van der Waals surface area contributed by atoms with Crippen LogP contribution in [0.4, 0.5) is 5.82 Å². The van der Waals surface area contributed by atoms with Crippen LogP contribution in [-0.4, -0.2) is 47.5 Å². The third kappa shape index (κ3) is 5.29. The molecule has 4 heterocycles. The van der Waals surface area contributed by atoms with Crippen molar-refractivity contribution in [2.24, 2.45) is 0 Å². The van der Waals surface area contributed by atoms with Gasteiger partial charge < -0.3 is 20.1 Å². The van der Waals surface area contributed by atoms with Crippen molar-refractivity contribution < 1.29 is 14.3 Å². The van der Waals surface area contributed by atoms with Gasteiger partial charge in [0, 0.05) is 24.2 Å². The first-order chi connectivity index (χ1) is 16.2. The molecule has 1 saturated heterocycles. The van der Waals surface area contributed by atoms with E-state index in [1.54, 1.807) is 7.11 Å².